The summed E-state index contributed by atoms with van der Waals surface area (Å²) < 4.78 is 12.3. The topological polar surface area (TPSA) is 105 Å². The Kier molecular flexibility index (Phi) is 3.70. The summed E-state index contributed by atoms with van der Waals surface area (Å²) in [5, 5.41) is 15.8. The van der Waals surface area contributed by atoms with E-state index in [0.717, 1.165) is 4.68 Å². The summed E-state index contributed by atoms with van der Waals surface area (Å²) >= 11 is 0. The highest BCUT2D eigenvalue weighted by molar-refractivity contribution is 7.85. The van der Waals surface area contributed by atoms with Crippen molar-refractivity contribution in [2.45, 2.75) is 6.54 Å². The summed E-state index contributed by atoms with van der Waals surface area (Å²) in [6.45, 7) is 0.527. The third-order valence-electron chi connectivity index (χ3n) is 2.52. The van der Waals surface area contributed by atoms with Crippen molar-refractivity contribution in [2.75, 3.05) is 24.6 Å². The van der Waals surface area contributed by atoms with Crippen LogP contribution in [0.4, 0.5) is 0 Å². The number of aromatic nitrogens is 3. The predicted octanol–water partition coefficient (Wildman–Crippen LogP) is -1.43. The molecular formula is C9H12N4O4S. The van der Waals surface area contributed by atoms with Gasteiger partial charge in [0.2, 0.25) is 0 Å². The van der Waals surface area contributed by atoms with E-state index in [-0.39, 0.29) is 18.1 Å². The van der Waals surface area contributed by atoms with Crippen molar-refractivity contribution < 1.29 is 18.9 Å². The van der Waals surface area contributed by atoms with Crippen molar-refractivity contribution in [3.8, 4) is 0 Å². The molecule has 1 fully saturated rings. The number of hydrogen-bond donors (Lipinski definition) is 1. The number of carbonyl (C=O) groups excluding carboxylic acids is 1. The second kappa shape index (κ2) is 5.25. The molecule has 2 rings (SSSR count). The van der Waals surface area contributed by atoms with Gasteiger partial charge < -0.3 is 10.0 Å². The molecule has 8 nitrogen and oxygen atoms in total. The predicted molar refractivity (Wildman–Crippen MR) is 61.4 cm³/mol. The molecule has 18 heavy (non-hydrogen) atoms. The average molecular weight is 272 g/mol. The molecule has 2 heterocycles. The first-order valence-electron chi connectivity index (χ1n) is 5.32. The zero-order chi connectivity index (χ0) is 13.1. The van der Waals surface area contributed by atoms with E-state index in [9.17, 15) is 13.8 Å². The van der Waals surface area contributed by atoms with Crippen LogP contribution in [0.25, 0.3) is 0 Å². The van der Waals surface area contributed by atoms with Gasteiger partial charge in [0.1, 0.15) is 6.54 Å². The van der Waals surface area contributed by atoms with Gasteiger partial charge in [0.25, 0.3) is 5.91 Å². The van der Waals surface area contributed by atoms with Gasteiger partial charge in [-0.2, -0.15) is 0 Å². The van der Waals surface area contributed by atoms with Gasteiger partial charge in [-0.3, -0.25) is 13.8 Å². The van der Waals surface area contributed by atoms with Gasteiger partial charge in [0, 0.05) is 35.4 Å². The quantitative estimate of drug-likeness (QED) is 0.723. The van der Waals surface area contributed by atoms with Gasteiger partial charge in [0.05, 0.1) is 6.20 Å². The van der Waals surface area contributed by atoms with Crippen molar-refractivity contribution in [3.05, 3.63) is 11.9 Å². The molecule has 1 aliphatic rings. The summed E-state index contributed by atoms with van der Waals surface area (Å²) in [5.74, 6) is -0.417. The van der Waals surface area contributed by atoms with Crippen molar-refractivity contribution >= 4 is 22.7 Å². The van der Waals surface area contributed by atoms with Crippen molar-refractivity contribution in [1.29, 1.82) is 0 Å². The molecule has 0 atom stereocenters. The number of rotatable bonds is 3. The highest BCUT2D eigenvalue weighted by atomic mass is 32.2. The Morgan fingerprint density at radius 2 is 2.06 bits per heavy atom. The second-order valence-corrected chi connectivity index (χ2v) is 5.53. The fourth-order valence-electron chi connectivity index (χ4n) is 1.62. The number of nitrogens with zero attached hydrogens (tertiary/aromatic N) is 4. The van der Waals surface area contributed by atoms with Gasteiger partial charge in [-0.05, 0) is 0 Å². The minimum Gasteiger partial charge on any atom is -0.480 e. The maximum atomic E-state index is 12.0. The van der Waals surface area contributed by atoms with Crippen LogP contribution in [0, 0.1) is 0 Å². The Labute approximate surface area is 105 Å². The minimum absolute atomic E-state index is 0.115. The van der Waals surface area contributed by atoms with Crippen LogP contribution in [-0.4, -0.2) is 65.7 Å². The van der Waals surface area contributed by atoms with E-state index in [1.807, 2.05) is 0 Å². The lowest BCUT2D eigenvalue weighted by Crippen LogP contribution is -2.41. The molecule has 0 bridgehead atoms. The van der Waals surface area contributed by atoms with Crippen LogP contribution in [0.1, 0.15) is 10.5 Å². The van der Waals surface area contributed by atoms with Crippen LogP contribution in [0.2, 0.25) is 0 Å². The second-order valence-electron chi connectivity index (χ2n) is 3.84. The lowest BCUT2D eigenvalue weighted by atomic mass is 10.3. The highest BCUT2D eigenvalue weighted by Gasteiger charge is 2.23. The van der Waals surface area contributed by atoms with Gasteiger partial charge in [-0.15, -0.1) is 5.10 Å². The van der Waals surface area contributed by atoms with Crippen LogP contribution < -0.4 is 0 Å². The molecule has 1 N–H and O–H groups in total. The monoisotopic (exact) mass is 272 g/mol. The standard InChI is InChI=1S/C9H12N4O4S/c14-8(15)6-13-5-7(10-11-13)9(16)12-1-3-18(17)4-2-12/h5H,1-4,6H2,(H,14,15). The van der Waals surface area contributed by atoms with Crippen LogP contribution in [0.5, 0.6) is 0 Å². The molecule has 1 aliphatic heterocycles. The van der Waals surface area contributed by atoms with Crippen LogP contribution in [0.3, 0.4) is 0 Å². The van der Waals surface area contributed by atoms with Crippen LogP contribution in [-0.2, 0) is 22.1 Å². The van der Waals surface area contributed by atoms with E-state index < -0.39 is 16.8 Å². The Balaban J connectivity index is 2.02. The third-order valence-corrected chi connectivity index (χ3v) is 3.80. The molecule has 1 aromatic heterocycles. The van der Waals surface area contributed by atoms with Gasteiger partial charge in [-0.25, -0.2) is 4.68 Å². The van der Waals surface area contributed by atoms with Crippen LogP contribution >= 0.6 is 0 Å². The fraction of sp³-hybridized carbons (Fsp3) is 0.556. The maximum Gasteiger partial charge on any atom is 0.325 e. The number of aliphatic carboxylic acids is 1. The zero-order valence-electron chi connectivity index (χ0n) is 9.48. The van der Waals surface area contributed by atoms with Gasteiger partial charge >= 0.3 is 5.97 Å². The smallest absolute Gasteiger partial charge is 0.325 e. The fourth-order valence-corrected chi connectivity index (χ4v) is 2.67. The molecule has 1 amide bonds. The third kappa shape index (κ3) is 2.92. The van der Waals surface area contributed by atoms with E-state index >= 15 is 0 Å². The van der Waals surface area contributed by atoms with Crippen molar-refractivity contribution in [3.63, 3.8) is 0 Å². The Bertz CT molecular complexity index is 491. The Morgan fingerprint density at radius 3 is 2.67 bits per heavy atom. The average Bonchev–Trinajstić information content (AvgIpc) is 2.76. The summed E-state index contributed by atoms with van der Waals surface area (Å²) in [6, 6.07) is 0. The first-order valence-corrected chi connectivity index (χ1v) is 6.81. The van der Waals surface area contributed by atoms with E-state index in [2.05, 4.69) is 10.3 Å². The summed E-state index contributed by atoms with van der Waals surface area (Å²) in [5.41, 5.74) is 0.115. The summed E-state index contributed by atoms with van der Waals surface area (Å²) in [4.78, 5) is 24.0. The number of hydrogen-bond acceptors (Lipinski definition) is 5. The maximum absolute atomic E-state index is 12.0. The Hall–Kier alpha value is -1.77. The number of amides is 1. The lowest BCUT2D eigenvalue weighted by Gasteiger charge is -2.25. The summed E-state index contributed by atoms with van der Waals surface area (Å²) in [6.07, 6.45) is 1.31. The molecule has 1 saturated heterocycles. The van der Waals surface area contributed by atoms with Gasteiger partial charge in [-0.1, -0.05) is 5.21 Å². The molecule has 0 aromatic carbocycles. The van der Waals surface area contributed by atoms with E-state index in [1.54, 1.807) is 4.90 Å². The highest BCUT2D eigenvalue weighted by Crippen LogP contribution is 2.05. The zero-order valence-corrected chi connectivity index (χ0v) is 10.3. The molecular weight excluding hydrogens is 260 g/mol. The van der Waals surface area contributed by atoms with E-state index in [0.29, 0.717) is 24.6 Å². The normalized spacial score (nSPS) is 16.8. The van der Waals surface area contributed by atoms with Crippen molar-refractivity contribution in [1.82, 2.24) is 19.9 Å². The molecule has 0 unspecified atom stereocenters. The van der Waals surface area contributed by atoms with E-state index in [1.165, 1.54) is 6.20 Å². The molecule has 0 saturated carbocycles. The first kappa shape index (κ1) is 12.7. The largest absolute Gasteiger partial charge is 0.480 e. The minimum atomic E-state index is -1.05. The number of carbonyl (C=O) groups is 2. The molecule has 0 radical (unpaired) electrons. The molecule has 98 valence electrons. The van der Waals surface area contributed by atoms with E-state index in [4.69, 9.17) is 5.11 Å². The molecule has 0 spiro atoms. The lowest BCUT2D eigenvalue weighted by molar-refractivity contribution is -0.137. The number of carboxylic acids is 1. The first-order chi connectivity index (χ1) is 8.56. The molecule has 1 aromatic rings. The Morgan fingerprint density at radius 1 is 1.39 bits per heavy atom. The van der Waals surface area contributed by atoms with Crippen molar-refractivity contribution in [2.24, 2.45) is 0 Å². The molecule has 0 aliphatic carbocycles. The van der Waals surface area contributed by atoms with Crippen LogP contribution in [0.15, 0.2) is 6.20 Å². The SMILES string of the molecule is O=C(O)Cn1cc(C(=O)N2CCS(=O)CC2)nn1. The summed E-state index contributed by atoms with van der Waals surface area (Å²) in [7, 11) is -0.849. The number of carboxylic acid groups (broad SMARTS) is 1. The van der Waals surface area contributed by atoms with Gasteiger partial charge in [0.15, 0.2) is 5.69 Å². The molecule has 9 heteroatoms.